The molecule has 0 bridgehead atoms. The first-order valence-corrected chi connectivity index (χ1v) is 7.52. The van der Waals surface area contributed by atoms with E-state index in [0.29, 0.717) is 11.5 Å². The number of benzene rings is 2. The Labute approximate surface area is 139 Å². The van der Waals surface area contributed by atoms with Crippen LogP contribution in [0.4, 0.5) is 11.6 Å². The van der Waals surface area contributed by atoms with E-state index < -0.39 is 0 Å². The summed E-state index contributed by atoms with van der Waals surface area (Å²) in [6.07, 6.45) is 0. The van der Waals surface area contributed by atoms with Gasteiger partial charge >= 0.3 is 0 Å². The van der Waals surface area contributed by atoms with Crippen LogP contribution in [0.25, 0.3) is 11.3 Å². The number of aryl methyl sites for hydroxylation is 2. The van der Waals surface area contributed by atoms with Crippen molar-refractivity contribution >= 4 is 11.6 Å². The quantitative estimate of drug-likeness (QED) is 0.771. The van der Waals surface area contributed by atoms with E-state index in [1.807, 2.05) is 26.0 Å². The average molecular weight is 322 g/mol. The molecule has 6 heteroatoms. The molecule has 0 atom stereocenters. The summed E-state index contributed by atoms with van der Waals surface area (Å²) < 4.78 is 5.11. The summed E-state index contributed by atoms with van der Waals surface area (Å²) in [7, 11) is 1.59. The Morgan fingerprint density at radius 1 is 1.04 bits per heavy atom. The molecular formula is C18H18N4O2. The van der Waals surface area contributed by atoms with Gasteiger partial charge in [-0.2, -0.15) is 0 Å². The molecule has 0 unspecified atom stereocenters. The number of rotatable bonds is 4. The lowest BCUT2D eigenvalue weighted by Gasteiger charge is -2.09. The fourth-order valence-electron chi connectivity index (χ4n) is 2.41. The Hall–Kier alpha value is -3.15. The number of anilines is 2. The van der Waals surface area contributed by atoms with E-state index in [1.165, 1.54) is 5.56 Å². The predicted molar refractivity (Wildman–Crippen MR) is 93.8 cm³/mol. The summed E-state index contributed by atoms with van der Waals surface area (Å²) in [5.74, 6) is 1.03. The molecule has 2 N–H and O–H groups in total. The van der Waals surface area contributed by atoms with Crippen molar-refractivity contribution in [3.05, 3.63) is 63.9 Å². The molecule has 0 aliphatic heterocycles. The van der Waals surface area contributed by atoms with Crippen LogP contribution in [0.5, 0.6) is 5.75 Å². The summed E-state index contributed by atoms with van der Waals surface area (Å²) in [5.41, 5.74) is 3.76. The second-order valence-electron chi connectivity index (χ2n) is 5.52. The lowest BCUT2D eigenvalue weighted by atomic mass is 10.1. The van der Waals surface area contributed by atoms with Crippen molar-refractivity contribution in [1.29, 1.82) is 0 Å². The Kier molecular flexibility index (Phi) is 4.29. The molecule has 24 heavy (non-hydrogen) atoms. The van der Waals surface area contributed by atoms with E-state index in [9.17, 15) is 4.79 Å². The number of ether oxygens (including phenoxy) is 1. The van der Waals surface area contributed by atoms with E-state index in [-0.39, 0.29) is 11.3 Å². The van der Waals surface area contributed by atoms with Crippen molar-refractivity contribution in [2.45, 2.75) is 13.8 Å². The molecule has 0 fully saturated rings. The number of nitrogens with one attached hydrogen (secondary N) is 2. The molecule has 3 aromatic rings. The third-order valence-corrected chi connectivity index (χ3v) is 3.70. The molecule has 0 saturated carbocycles. The Bertz CT molecular complexity index is 917. The van der Waals surface area contributed by atoms with Crippen molar-refractivity contribution in [3.63, 3.8) is 0 Å². The van der Waals surface area contributed by atoms with E-state index in [2.05, 4.69) is 26.6 Å². The first-order chi connectivity index (χ1) is 11.6. The maximum Gasteiger partial charge on any atom is 0.279 e. The number of hydrogen-bond donors (Lipinski definition) is 2. The van der Waals surface area contributed by atoms with Gasteiger partial charge in [-0.15, -0.1) is 10.2 Å². The van der Waals surface area contributed by atoms with Crippen molar-refractivity contribution < 1.29 is 4.74 Å². The molecule has 0 saturated heterocycles. The number of aromatic amines is 1. The Balaban J connectivity index is 1.87. The second kappa shape index (κ2) is 6.54. The number of hydrogen-bond acceptors (Lipinski definition) is 5. The Morgan fingerprint density at radius 2 is 1.79 bits per heavy atom. The monoisotopic (exact) mass is 322 g/mol. The summed E-state index contributed by atoms with van der Waals surface area (Å²) in [6, 6.07) is 13.1. The van der Waals surface area contributed by atoms with Gasteiger partial charge < -0.3 is 10.1 Å². The molecule has 0 amide bonds. The first kappa shape index (κ1) is 15.7. The molecule has 0 aliphatic carbocycles. The third-order valence-electron chi connectivity index (χ3n) is 3.70. The number of aromatic nitrogens is 3. The van der Waals surface area contributed by atoms with Gasteiger partial charge in [-0.3, -0.25) is 9.78 Å². The molecule has 1 aromatic heterocycles. The largest absolute Gasteiger partial charge is 0.497 e. The predicted octanol–water partition coefficient (Wildman–Crippen LogP) is 3.20. The fourth-order valence-corrected chi connectivity index (χ4v) is 2.41. The second-order valence-corrected chi connectivity index (χ2v) is 5.52. The van der Waals surface area contributed by atoms with Crippen LogP contribution in [-0.4, -0.2) is 22.3 Å². The van der Waals surface area contributed by atoms with E-state index >= 15 is 0 Å². The fraction of sp³-hybridized carbons (Fsp3) is 0.167. The number of H-pyrrole nitrogens is 1. The molecule has 0 spiro atoms. The number of methoxy groups -OCH3 is 1. The van der Waals surface area contributed by atoms with Crippen LogP contribution in [0.1, 0.15) is 11.1 Å². The smallest absolute Gasteiger partial charge is 0.279 e. The summed E-state index contributed by atoms with van der Waals surface area (Å²) in [5, 5.41) is 11.2. The van der Waals surface area contributed by atoms with Crippen LogP contribution >= 0.6 is 0 Å². The van der Waals surface area contributed by atoms with Gasteiger partial charge in [0, 0.05) is 11.3 Å². The molecule has 6 nitrogen and oxygen atoms in total. The SMILES string of the molecule is COc1ccc(-c2nnc(Nc3ccc(C)cc3C)[nH]c2=O)cc1. The van der Waals surface area contributed by atoms with Crippen LogP contribution in [0.2, 0.25) is 0 Å². The molecule has 0 aliphatic rings. The van der Waals surface area contributed by atoms with Crippen LogP contribution in [-0.2, 0) is 0 Å². The van der Waals surface area contributed by atoms with Crippen LogP contribution in [0.15, 0.2) is 47.3 Å². The van der Waals surface area contributed by atoms with E-state index in [4.69, 9.17) is 4.74 Å². The zero-order valence-electron chi connectivity index (χ0n) is 13.8. The standard InChI is InChI=1S/C18H18N4O2/c1-11-4-9-15(12(2)10-11)19-18-20-17(23)16(21-22-18)13-5-7-14(24-3)8-6-13/h4-10H,1-3H3,(H2,19,20,22,23). The molecule has 0 radical (unpaired) electrons. The summed E-state index contributed by atoms with van der Waals surface area (Å²) >= 11 is 0. The Morgan fingerprint density at radius 3 is 2.42 bits per heavy atom. The maximum atomic E-state index is 12.3. The maximum absolute atomic E-state index is 12.3. The molecular weight excluding hydrogens is 304 g/mol. The third kappa shape index (κ3) is 3.27. The molecule has 3 rings (SSSR count). The normalized spacial score (nSPS) is 10.5. The van der Waals surface area contributed by atoms with Gasteiger partial charge in [-0.1, -0.05) is 17.7 Å². The van der Waals surface area contributed by atoms with Crippen molar-refractivity contribution in [2.75, 3.05) is 12.4 Å². The van der Waals surface area contributed by atoms with Gasteiger partial charge in [-0.25, -0.2) is 0 Å². The minimum atomic E-state index is -0.303. The zero-order valence-corrected chi connectivity index (χ0v) is 13.8. The minimum absolute atomic E-state index is 0.267. The minimum Gasteiger partial charge on any atom is -0.497 e. The lowest BCUT2D eigenvalue weighted by Crippen LogP contribution is -2.15. The van der Waals surface area contributed by atoms with Crippen LogP contribution in [0, 0.1) is 13.8 Å². The zero-order chi connectivity index (χ0) is 17.1. The van der Waals surface area contributed by atoms with E-state index in [0.717, 1.165) is 17.0 Å². The van der Waals surface area contributed by atoms with Gasteiger partial charge in [0.25, 0.3) is 5.56 Å². The van der Waals surface area contributed by atoms with Gasteiger partial charge in [0.05, 0.1) is 7.11 Å². The molecule has 1 heterocycles. The van der Waals surface area contributed by atoms with Gasteiger partial charge in [0.2, 0.25) is 5.95 Å². The average Bonchev–Trinajstić information content (AvgIpc) is 2.58. The van der Waals surface area contributed by atoms with Crippen molar-refractivity contribution in [2.24, 2.45) is 0 Å². The van der Waals surface area contributed by atoms with Crippen LogP contribution in [0.3, 0.4) is 0 Å². The lowest BCUT2D eigenvalue weighted by molar-refractivity contribution is 0.415. The van der Waals surface area contributed by atoms with Crippen molar-refractivity contribution in [1.82, 2.24) is 15.2 Å². The highest BCUT2D eigenvalue weighted by Crippen LogP contribution is 2.20. The highest BCUT2D eigenvalue weighted by Gasteiger charge is 2.09. The number of nitrogens with zero attached hydrogens (tertiary/aromatic N) is 2. The highest BCUT2D eigenvalue weighted by molar-refractivity contribution is 5.61. The molecule has 122 valence electrons. The summed E-state index contributed by atoms with van der Waals surface area (Å²) in [6.45, 7) is 4.02. The topological polar surface area (TPSA) is 79.9 Å². The highest BCUT2D eigenvalue weighted by atomic mass is 16.5. The molecule has 2 aromatic carbocycles. The van der Waals surface area contributed by atoms with E-state index in [1.54, 1.807) is 31.4 Å². The van der Waals surface area contributed by atoms with Gasteiger partial charge in [-0.05, 0) is 49.7 Å². The van der Waals surface area contributed by atoms with Gasteiger partial charge in [0.15, 0.2) is 5.69 Å². The van der Waals surface area contributed by atoms with Crippen molar-refractivity contribution in [3.8, 4) is 17.0 Å². The van der Waals surface area contributed by atoms with Gasteiger partial charge in [0.1, 0.15) is 5.75 Å². The summed E-state index contributed by atoms with van der Waals surface area (Å²) in [4.78, 5) is 15.0. The van der Waals surface area contributed by atoms with Crippen LogP contribution < -0.4 is 15.6 Å². The first-order valence-electron chi connectivity index (χ1n) is 7.52.